The van der Waals surface area contributed by atoms with E-state index in [-0.39, 0.29) is 30.9 Å². The molecule has 0 unspecified atom stereocenters. The van der Waals surface area contributed by atoms with E-state index in [1.165, 1.54) is 19.2 Å². The Bertz CT molecular complexity index is 1050. The van der Waals surface area contributed by atoms with Crippen LogP contribution in [0.3, 0.4) is 0 Å². The van der Waals surface area contributed by atoms with E-state index in [9.17, 15) is 18.7 Å². The molecule has 1 aliphatic rings. The number of aryl methyl sites for hydroxylation is 1. The molecule has 0 amide bonds. The predicted molar refractivity (Wildman–Crippen MR) is 138 cm³/mol. The zero-order valence-electron chi connectivity index (χ0n) is 22.3. The molecule has 1 aliphatic heterocycles. The van der Waals surface area contributed by atoms with Crippen LogP contribution in [0.1, 0.15) is 61.5 Å². The zero-order valence-corrected chi connectivity index (χ0v) is 22.3. The molecule has 204 valence electrons. The van der Waals surface area contributed by atoms with Gasteiger partial charge in [0.15, 0.2) is 0 Å². The molecule has 0 radical (unpaired) electrons. The van der Waals surface area contributed by atoms with Gasteiger partial charge in [-0.1, -0.05) is 12.1 Å². The smallest absolute Gasteiger partial charge is 0.306 e. The standard InChI is InChI=1S/C29H39F2NO5/c1-5-36-29(34)11-10-25-26(15-22(30)16-28(25)35-4)20(3)37-18-24(33)17-32-12-6-7-23(32)13-21-9-8-19(2)27(31)14-21/h8-9,14-16,20,23-24,33H,5-7,10-13,17-18H2,1-4H3/t20-,23+,24-/m1/s1. The van der Waals surface area contributed by atoms with Gasteiger partial charge in [-0.25, -0.2) is 8.78 Å². The number of hydrogen-bond donors (Lipinski definition) is 1. The van der Waals surface area contributed by atoms with Crippen molar-refractivity contribution in [2.75, 3.05) is 33.4 Å². The highest BCUT2D eigenvalue weighted by atomic mass is 19.1. The summed E-state index contributed by atoms with van der Waals surface area (Å²) in [4.78, 5) is 14.1. The SMILES string of the molecule is CCOC(=O)CCc1c(OC)cc(F)cc1[C@@H](C)OC[C@H](O)CN1CCC[C@H]1Cc1ccc(C)c(F)c1. The predicted octanol–water partition coefficient (Wildman–Crippen LogP) is 4.92. The Kier molecular flexibility index (Phi) is 10.9. The lowest BCUT2D eigenvalue weighted by Crippen LogP contribution is -2.39. The van der Waals surface area contributed by atoms with E-state index in [2.05, 4.69) is 4.90 Å². The highest BCUT2D eigenvalue weighted by molar-refractivity contribution is 5.70. The van der Waals surface area contributed by atoms with E-state index in [1.807, 2.05) is 6.07 Å². The van der Waals surface area contributed by atoms with Crippen molar-refractivity contribution in [3.05, 3.63) is 64.2 Å². The number of methoxy groups -OCH3 is 1. The van der Waals surface area contributed by atoms with Gasteiger partial charge in [-0.15, -0.1) is 0 Å². The molecule has 0 bridgehead atoms. The Morgan fingerprint density at radius 3 is 2.73 bits per heavy atom. The van der Waals surface area contributed by atoms with Gasteiger partial charge in [0.2, 0.25) is 0 Å². The van der Waals surface area contributed by atoms with Crippen LogP contribution in [-0.2, 0) is 27.1 Å². The van der Waals surface area contributed by atoms with Crippen LogP contribution in [0.5, 0.6) is 5.75 Å². The number of aliphatic hydroxyl groups excluding tert-OH is 1. The molecule has 1 fully saturated rings. The van der Waals surface area contributed by atoms with Crippen LogP contribution >= 0.6 is 0 Å². The van der Waals surface area contributed by atoms with Crippen LogP contribution in [0.2, 0.25) is 0 Å². The third-order valence-electron chi connectivity index (χ3n) is 6.94. The monoisotopic (exact) mass is 519 g/mol. The first-order valence-corrected chi connectivity index (χ1v) is 13.0. The molecule has 1 saturated heterocycles. The molecule has 3 rings (SSSR count). The van der Waals surface area contributed by atoms with Gasteiger partial charge in [0.25, 0.3) is 0 Å². The minimum atomic E-state index is -0.740. The summed E-state index contributed by atoms with van der Waals surface area (Å²) in [7, 11) is 1.46. The molecule has 2 aromatic rings. The number of ether oxygens (including phenoxy) is 3. The van der Waals surface area contributed by atoms with Crippen molar-refractivity contribution in [1.29, 1.82) is 0 Å². The Morgan fingerprint density at radius 2 is 2.03 bits per heavy atom. The molecular formula is C29H39F2NO5. The number of carbonyl (C=O) groups is 1. The largest absolute Gasteiger partial charge is 0.496 e. The fourth-order valence-corrected chi connectivity index (χ4v) is 4.98. The maximum Gasteiger partial charge on any atom is 0.306 e. The lowest BCUT2D eigenvalue weighted by atomic mass is 9.97. The number of β-amino-alcohol motifs (C(OH)–C–C–N with tert-alkyl or cyclic N) is 1. The topological polar surface area (TPSA) is 68.2 Å². The van der Waals surface area contributed by atoms with E-state index >= 15 is 0 Å². The van der Waals surface area contributed by atoms with Gasteiger partial charge in [-0.2, -0.15) is 0 Å². The molecule has 8 heteroatoms. The van der Waals surface area contributed by atoms with Crippen LogP contribution in [-0.4, -0.2) is 61.5 Å². The summed E-state index contributed by atoms with van der Waals surface area (Å²) in [5.41, 5.74) is 2.85. The zero-order chi connectivity index (χ0) is 26.9. The fourth-order valence-electron chi connectivity index (χ4n) is 4.98. The molecule has 0 aliphatic carbocycles. The van der Waals surface area contributed by atoms with Gasteiger partial charge < -0.3 is 19.3 Å². The Morgan fingerprint density at radius 1 is 1.24 bits per heavy atom. The van der Waals surface area contributed by atoms with E-state index in [1.54, 1.807) is 32.9 Å². The van der Waals surface area contributed by atoms with Crippen molar-refractivity contribution in [3.8, 4) is 5.75 Å². The van der Waals surface area contributed by atoms with Gasteiger partial charge >= 0.3 is 5.97 Å². The van der Waals surface area contributed by atoms with Crippen LogP contribution in [0.25, 0.3) is 0 Å². The average Bonchev–Trinajstić information content (AvgIpc) is 3.29. The fraction of sp³-hybridized carbons (Fsp3) is 0.552. The molecular weight excluding hydrogens is 480 g/mol. The van der Waals surface area contributed by atoms with Crippen molar-refractivity contribution in [2.24, 2.45) is 0 Å². The van der Waals surface area contributed by atoms with Gasteiger partial charge in [0.05, 0.1) is 32.5 Å². The average molecular weight is 520 g/mol. The number of benzene rings is 2. The van der Waals surface area contributed by atoms with Crippen molar-refractivity contribution >= 4 is 5.97 Å². The quantitative estimate of drug-likeness (QED) is 0.379. The third kappa shape index (κ3) is 8.22. The molecule has 1 N–H and O–H groups in total. The summed E-state index contributed by atoms with van der Waals surface area (Å²) in [6.07, 6.45) is 1.94. The number of nitrogens with zero attached hydrogens (tertiary/aromatic N) is 1. The number of likely N-dealkylation sites (tertiary alicyclic amines) is 1. The number of halogens is 2. The van der Waals surface area contributed by atoms with Crippen LogP contribution in [0, 0.1) is 18.6 Å². The Balaban J connectivity index is 1.59. The molecule has 0 spiro atoms. The summed E-state index contributed by atoms with van der Waals surface area (Å²) in [6.45, 7) is 6.96. The van der Waals surface area contributed by atoms with Gasteiger partial charge in [0.1, 0.15) is 17.4 Å². The normalized spacial score (nSPS) is 17.5. The van der Waals surface area contributed by atoms with Crippen LogP contribution in [0.15, 0.2) is 30.3 Å². The number of rotatable bonds is 13. The van der Waals surface area contributed by atoms with E-state index in [4.69, 9.17) is 14.2 Å². The first kappa shape index (κ1) is 29.0. The molecule has 3 atom stereocenters. The summed E-state index contributed by atoms with van der Waals surface area (Å²) in [6, 6.07) is 8.27. The summed E-state index contributed by atoms with van der Waals surface area (Å²) in [5.74, 6) is -0.643. The number of carbonyl (C=O) groups excluding carboxylic acids is 1. The Hall–Kier alpha value is -2.55. The highest BCUT2D eigenvalue weighted by Gasteiger charge is 2.27. The van der Waals surface area contributed by atoms with E-state index < -0.39 is 18.0 Å². The van der Waals surface area contributed by atoms with Crippen molar-refractivity contribution in [2.45, 2.75) is 71.1 Å². The second-order valence-corrected chi connectivity index (χ2v) is 9.69. The van der Waals surface area contributed by atoms with Crippen molar-refractivity contribution < 1.29 is 32.9 Å². The van der Waals surface area contributed by atoms with Crippen LogP contribution in [0.4, 0.5) is 8.78 Å². The lowest BCUT2D eigenvalue weighted by Gasteiger charge is -2.28. The summed E-state index contributed by atoms with van der Waals surface area (Å²) >= 11 is 0. The summed E-state index contributed by atoms with van der Waals surface area (Å²) < 4.78 is 44.6. The molecule has 0 aromatic heterocycles. The Labute approximate surface area is 218 Å². The molecule has 0 saturated carbocycles. The lowest BCUT2D eigenvalue weighted by molar-refractivity contribution is -0.143. The molecule has 6 nitrogen and oxygen atoms in total. The molecule has 2 aromatic carbocycles. The van der Waals surface area contributed by atoms with E-state index in [0.29, 0.717) is 42.0 Å². The molecule has 1 heterocycles. The number of hydrogen-bond acceptors (Lipinski definition) is 6. The first-order valence-electron chi connectivity index (χ1n) is 13.0. The number of aliphatic hydroxyl groups is 1. The van der Waals surface area contributed by atoms with Gasteiger partial charge in [-0.05, 0) is 81.8 Å². The maximum atomic E-state index is 14.3. The minimum Gasteiger partial charge on any atom is -0.496 e. The maximum absolute atomic E-state index is 14.3. The van der Waals surface area contributed by atoms with Crippen molar-refractivity contribution in [3.63, 3.8) is 0 Å². The highest BCUT2D eigenvalue weighted by Crippen LogP contribution is 2.32. The van der Waals surface area contributed by atoms with Crippen LogP contribution < -0.4 is 4.74 Å². The summed E-state index contributed by atoms with van der Waals surface area (Å²) in [5, 5.41) is 10.7. The van der Waals surface area contributed by atoms with Crippen molar-refractivity contribution in [1.82, 2.24) is 4.90 Å². The first-order chi connectivity index (χ1) is 17.7. The second-order valence-electron chi connectivity index (χ2n) is 9.69. The third-order valence-corrected chi connectivity index (χ3v) is 6.94. The second kappa shape index (κ2) is 13.8. The van der Waals surface area contributed by atoms with Gasteiger partial charge in [-0.3, -0.25) is 9.69 Å². The van der Waals surface area contributed by atoms with E-state index in [0.717, 1.165) is 31.4 Å². The van der Waals surface area contributed by atoms with Gasteiger partial charge in [0, 0.05) is 30.6 Å². The minimum absolute atomic E-state index is 0.0691. The molecule has 37 heavy (non-hydrogen) atoms. The number of esters is 1.